The fraction of sp³-hybridized carbons (Fsp3) is 0.636. The van der Waals surface area contributed by atoms with Crippen molar-refractivity contribution in [3.8, 4) is 0 Å². The van der Waals surface area contributed by atoms with Gasteiger partial charge in [0.15, 0.2) is 0 Å². The third kappa shape index (κ3) is 12.1. The molecule has 0 radical (unpaired) electrons. The molecule has 0 bridgehead atoms. The zero-order valence-corrected chi connectivity index (χ0v) is 25.9. The number of H-pyrrole nitrogens is 1. The second-order valence-electron chi connectivity index (χ2n) is 12.5. The first-order valence-electron chi connectivity index (χ1n) is 15.9. The summed E-state index contributed by atoms with van der Waals surface area (Å²) in [5.74, 6) is -1.09. The minimum atomic E-state index is -1.12. The Hall–Kier alpha value is -3.24. The third-order valence-corrected chi connectivity index (χ3v) is 8.74. The van der Waals surface area contributed by atoms with Gasteiger partial charge in [-0.1, -0.05) is 76.3 Å². The number of aromatic nitrogens is 2. The molecule has 43 heavy (non-hydrogen) atoms. The van der Waals surface area contributed by atoms with Crippen molar-refractivity contribution in [3.63, 3.8) is 0 Å². The molecule has 1 saturated carbocycles. The maximum Gasteiger partial charge on any atom is 0.305 e. The number of rotatable bonds is 18. The van der Waals surface area contributed by atoms with Gasteiger partial charge in [-0.15, -0.1) is 0 Å². The van der Waals surface area contributed by atoms with Crippen molar-refractivity contribution in [2.45, 2.75) is 116 Å². The first-order chi connectivity index (χ1) is 20.6. The predicted octanol–water partition coefficient (Wildman–Crippen LogP) is 3.96. The van der Waals surface area contributed by atoms with Gasteiger partial charge in [0, 0.05) is 25.2 Å². The van der Waals surface area contributed by atoms with Gasteiger partial charge in [-0.25, -0.2) is 4.98 Å². The van der Waals surface area contributed by atoms with Crippen LogP contribution >= 0.6 is 0 Å². The van der Waals surface area contributed by atoms with Crippen LogP contribution in [0, 0.1) is 17.8 Å². The van der Waals surface area contributed by atoms with E-state index >= 15 is 0 Å². The number of aliphatic hydroxyl groups is 1. The van der Waals surface area contributed by atoms with Crippen LogP contribution in [0.25, 0.3) is 0 Å². The van der Waals surface area contributed by atoms with E-state index < -0.39 is 36.5 Å². The molecule has 1 aliphatic rings. The number of benzene rings is 1. The van der Waals surface area contributed by atoms with Crippen molar-refractivity contribution in [2.75, 3.05) is 0 Å². The van der Waals surface area contributed by atoms with Gasteiger partial charge in [0.2, 0.25) is 11.8 Å². The number of carboxylic acid groups (broad SMARTS) is 1. The number of amides is 2. The Morgan fingerprint density at radius 2 is 1.70 bits per heavy atom. The standard InChI is InChI=1S/C33H51N5O5/c1-22(2)28(17-27(39)15-14-24-10-6-4-7-11-24)23(3)37-33(43)30(16-26-20-34-21-36-26)38-32(42)29(18-31(40)41)35-19-25-12-8-5-9-13-25/h5,8-9,12-13,20-24,27-30,35,39H,4,6-7,10-11,14-19H2,1-3H3,(H,34,36)(H,37,43)(H,38,42)(H,40,41)/t23?,27-,28-,29?,30-/m0/s1. The first-order valence-corrected chi connectivity index (χ1v) is 15.9. The summed E-state index contributed by atoms with van der Waals surface area (Å²) < 4.78 is 0. The van der Waals surface area contributed by atoms with Crippen LogP contribution < -0.4 is 16.0 Å². The van der Waals surface area contributed by atoms with Crippen molar-refractivity contribution in [1.29, 1.82) is 0 Å². The topological polar surface area (TPSA) is 156 Å². The molecule has 2 amide bonds. The van der Waals surface area contributed by atoms with Crippen LogP contribution in [-0.2, 0) is 27.3 Å². The Morgan fingerprint density at radius 1 is 1.00 bits per heavy atom. The molecule has 1 fully saturated rings. The van der Waals surface area contributed by atoms with E-state index in [4.69, 9.17) is 0 Å². The number of carbonyl (C=O) groups is 3. The summed E-state index contributed by atoms with van der Waals surface area (Å²) in [4.78, 5) is 45.6. The van der Waals surface area contributed by atoms with Gasteiger partial charge < -0.3 is 31.1 Å². The molecule has 238 valence electrons. The molecule has 6 N–H and O–H groups in total. The average molecular weight is 598 g/mol. The lowest BCUT2D eigenvalue weighted by molar-refractivity contribution is -0.140. The highest BCUT2D eigenvalue weighted by atomic mass is 16.4. The second kappa shape index (κ2) is 17.8. The number of hydrogen-bond acceptors (Lipinski definition) is 6. The van der Waals surface area contributed by atoms with Crippen molar-refractivity contribution in [3.05, 3.63) is 54.1 Å². The zero-order chi connectivity index (χ0) is 31.2. The Labute approximate surface area is 255 Å². The molecule has 10 heteroatoms. The highest BCUT2D eigenvalue weighted by Gasteiger charge is 2.31. The minimum absolute atomic E-state index is 0.0411. The van der Waals surface area contributed by atoms with Gasteiger partial charge in [0.25, 0.3) is 0 Å². The van der Waals surface area contributed by atoms with E-state index in [-0.39, 0.29) is 30.2 Å². The fourth-order valence-corrected chi connectivity index (χ4v) is 6.18. The van der Waals surface area contributed by atoms with Crippen molar-refractivity contribution >= 4 is 17.8 Å². The molecular formula is C33H51N5O5. The number of carbonyl (C=O) groups excluding carboxylic acids is 2. The number of aromatic amines is 1. The smallest absolute Gasteiger partial charge is 0.305 e. The lowest BCUT2D eigenvalue weighted by atomic mass is 9.81. The number of aliphatic carboxylic acids is 1. The van der Waals surface area contributed by atoms with Crippen LogP contribution in [0.1, 0.15) is 89.8 Å². The van der Waals surface area contributed by atoms with Gasteiger partial charge >= 0.3 is 5.97 Å². The van der Waals surface area contributed by atoms with Crippen molar-refractivity contribution < 1.29 is 24.6 Å². The summed E-state index contributed by atoms with van der Waals surface area (Å²) >= 11 is 0. The molecule has 5 atom stereocenters. The first kappa shape index (κ1) is 34.3. The van der Waals surface area contributed by atoms with E-state index in [1.54, 1.807) is 6.20 Å². The highest BCUT2D eigenvalue weighted by Crippen LogP contribution is 2.29. The molecule has 1 aromatic carbocycles. The summed E-state index contributed by atoms with van der Waals surface area (Å²) in [7, 11) is 0. The van der Waals surface area contributed by atoms with Crippen molar-refractivity contribution in [2.24, 2.45) is 17.8 Å². The van der Waals surface area contributed by atoms with Crippen LogP contribution in [0.5, 0.6) is 0 Å². The number of nitrogens with zero attached hydrogens (tertiary/aromatic N) is 1. The van der Waals surface area contributed by atoms with Crippen molar-refractivity contribution in [1.82, 2.24) is 25.9 Å². The number of nitrogens with one attached hydrogen (secondary N) is 4. The van der Waals surface area contributed by atoms with E-state index in [9.17, 15) is 24.6 Å². The van der Waals surface area contributed by atoms with Gasteiger partial charge in [-0.2, -0.15) is 0 Å². The Bertz CT molecular complexity index is 1100. The highest BCUT2D eigenvalue weighted by molar-refractivity contribution is 5.91. The Kier molecular flexibility index (Phi) is 14.2. The lowest BCUT2D eigenvalue weighted by Gasteiger charge is -2.32. The van der Waals surface area contributed by atoms with Gasteiger partial charge in [0.05, 0.1) is 30.6 Å². The van der Waals surface area contributed by atoms with Gasteiger partial charge in [-0.05, 0) is 49.5 Å². The molecule has 0 saturated heterocycles. The Morgan fingerprint density at radius 3 is 2.33 bits per heavy atom. The third-order valence-electron chi connectivity index (χ3n) is 8.74. The van der Waals surface area contributed by atoms with Gasteiger partial charge in [-0.3, -0.25) is 14.4 Å². The van der Waals surface area contributed by atoms with Crippen LogP contribution in [0.4, 0.5) is 0 Å². The minimum Gasteiger partial charge on any atom is -0.481 e. The van der Waals surface area contributed by atoms with Crippen LogP contribution in [0.3, 0.4) is 0 Å². The molecule has 1 heterocycles. The molecular weight excluding hydrogens is 546 g/mol. The number of carboxylic acids is 1. The number of hydrogen-bond donors (Lipinski definition) is 6. The average Bonchev–Trinajstić information content (AvgIpc) is 3.50. The van der Waals surface area contributed by atoms with E-state index in [1.165, 1.54) is 38.4 Å². The predicted molar refractivity (Wildman–Crippen MR) is 166 cm³/mol. The van der Waals surface area contributed by atoms with E-state index in [1.807, 2.05) is 37.3 Å². The maximum absolute atomic E-state index is 13.6. The number of imidazole rings is 1. The molecule has 2 aromatic rings. The van der Waals surface area contributed by atoms with Gasteiger partial charge in [0.1, 0.15) is 6.04 Å². The largest absolute Gasteiger partial charge is 0.481 e. The molecule has 10 nitrogen and oxygen atoms in total. The summed E-state index contributed by atoms with van der Waals surface area (Å²) in [5, 5.41) is 29.3. The SMILES string of the molecule is CC(C)[C@H](C[C@@H](O)CCC1CCCCC1)C(C)NC(=O)[C@H](Cc1c[nH]cn1)NC(=O)C(CC(=O)O)NCc1ccccc1. The van der Waals surface area contributed by atoms with Crippen LogP contribution in [-0.4, -0.2) is 62.2 Å². The summed E-state index contributed by atoms with van der Waals surface area (Å²) in [5.41, 5.74) is 1.50. The molecule has 3 rings (SSSR count). The molecule has 1 aliphatic carbocycles. The second-order valence-corrected chi connectivity index (χ2v) is 12.5. The molecule has 0 aliphatic heterocycles. The Balaban J connectivity index is 1.64. The molecule has 1 aromatic heterocycles. The maximum atomic E-state index is 13.6. The lowest BCUT2D eigenvalue weighted by Crippen LogP contribution is -2.56. The summed E-state index contributed by atoms with van der Waals surface area (Å²) in [6.45, 7) is 6.44. The summed E-state index contributed by atoms with van der Waals surface area (Å²) in [6, 6.07) is 7.15. The summed E-state index contributed by atoms with van der Waals surface area (Å²) in [6.07, 6.45) is 11.3. The van der Waals surface area contributed by atoms with E-state index in [0.717, 1.165) is 18.4 Å². The zero-order valence-electron chi connectivity index (χ0n) is 25.9. The molecule has 0 spiro atoms. The fourth-order valence-electron chi connectivity index (χ4n) is 6.18. The number of aliphatic hydroxyl groups excluding tert-OH is 1. The van der Waals surface area contributed by atoms with E-state index in [0.29, 0.717) is 24.6 Å². The quantitative estimate of drug-likeness (QED) is 0.152. The van der Waals surface area contributed by atoms with E-state index in [2.05, 4.69) is 39.8 Å². The normalized spacial score (nSPS) is 17.5. The van der Waals surface area contributed by atoms with Crippen LogP contribution in [0.15, 0.2) is 42.9 Å². The molecule has 2 unspecified atom stereocenters. The monoisotopic (exact) mass is 597 g/mol. The van der Waals surface area contributed by atoms with Crippen LogP contribution in [0.2, 0.25) is 0 Å².